The maximum Gasteiger partial charge on any atom is 0.255 e. The van der Waals surface area contributed by atoms with Gasteiger partial charge in [-0.1, -0.05) is 12.5 Å². The van der Waals surface area contributed by atoms with Gasteiger partial charge in [-0.25, -0.2) is 0 Å². The van der Waals surface area contributed by atoms with E-state index in [1.807, 2.05) is 0 Å². The number of nitrogens with one attached hydrogen (secondary N) is 7. The van der Waals surface area contributed by atoms with Crippen LogP contribution in [0.1, 0.15) is 118 Å². The molecule has 0 aliphatic carbocycles. The first-order valence-corrected chi connectivity index (χ1v) is 26.2. The first-order valence-electron chi connectivity index (χ1n) is 26.2. The smallest absolute Gasteiger partial charge is 0.255 e. The van der Waals surface area contributed by atoms with Crippen LogP contribution in [0.3, 0.4) is 0 Å². The second-order valence-electron chi connectivity index (χ2n) is 18.5. The van der Waals surface area contributed by atoms with E-state index in [1.54, 1.807) is 18.2 Å². The van der Waals surface area contributed by atoms with E-state index in [2.05, 4.69) is 37.2 Å². The highest BCUT2D eigenvalue weighted by Crippen LogP contribution is 2.27. The molecule has 0 fully saturated rings. The van der Waals surface area contributed by atoms with E-state index < -0.39 is 71.4 Å². The van der Waals surface area contributed by atoms with Gasteiger partial charge in [0.2, 0.25) is 23.6 Å². The molecule has 4 aromatic carbocycles. The van der Waals surface area contributed by atoms with E-state index in [4.69, 9.17) is 48.6 Å². The quantitative estimate of drug-likeness (QED) is 0.0299. The lowest BCUT2D eigenvalue weighted by Gasteiger charge is -2.21. The molecule has 24 nitrogen and oxygen atoms in total. The predicted molar refractivity (Wildman–Crippen MR) is 302 cm³/mol. The van der Waals surface area contributed by atoms with E-state index in [-0.39, 0.29) is 81.5 Å². The number of benzene rings is 4. The summed E-state index contributed by atoms with van der Waals surface area (Å²) in [5, 5.41) is 19.3. The molecule has 4 rings (SSSR count). The van der Waals surface area contributed by atoms with E-state index in [1.165, 1.54) is 82.0 Å². The number of unbranched alkanes of at least 4 members (excludes halogenated alkanes) is 4. The third-order valence-corrected chi connectivity index (χ3v) is 12.6. The monoisotopic (exact) mass is 1100 g/mol. The van der Waals surface area contributed by atoms with Crippen molar-refractivity contribution in [2.24, 2.45) is 34.4 Å². The molecule has 0 aliphatic rings. The Morgan fingerprint density at radius 2 is 0.759 bits per heavy atom. The lowest BCUT2D eigenvalue weighted by molar-refractivity contribution is -0.118. The number of anilines is 4. The fraction of sp³-hybridized carbons (Fsp3) is 0.418. The maximum absolute atomic E-state index is 14.0. The van der Waals surface area contributed by atoms with Crippen LogP contribution >= 0.6 is 0 Å². The van der Waals surface area contributed by atoms with Crippen LogP contribution in [0.5, 0.6) is 17.2 Å². The van der Waals surface area contributed by atoms with Crippen LogP contribution in [-0.2, 0) is 19.2 Å². The summed E-state index contributed by atoms with van der Waals surface area (Å²) in [7, 11) is 4.11. The van der Waals surface area contributed by atoms with Gasteiger partial charge < -0.3 is 85.8 Å². The zero-order valence-electron chi connectivity index (χ0n) is 45.1. The van der Waals surface area contributed by atoms with Gasteiger partial charge in [0, 0.05) is 28.3 Å². The van der Waals surface area contributed by atoms with Crippen molar-refractivity contribution in [1.29, 1.82) is 0 Å². The number of ether oxygens (including phenoxy) is 3. The third kappa shape index (κ3) is 20.0. The number of carbonyl (C=O) groups is 8. The molecule has 79 heavy (non-hydrogen) atoms. The SMILES string of the molecule is COc1ccc(NC(=O)[C@H](CCCCN)NC(=O)c2cc(NC(=O)[C@H](CCCCN)NC(=O)c3cccc(NC(=O)[C@H](CCCCN)NC(=O)c4cc(NC(=O)[C@@H](N)CCCCN)ccc4OC)c3)ccc2OC)cc1C(N)=O. The Kier molecular flexibility index (Phi) is 26.6. The van der Waals surface area contributed by atoms with Crippen LogP contribution in [0.15, 0.2) is 78.9 Å². The van der Waals surface area contributed by atoms with Gasteiger partial charge in [0.25, 0.3) is 23.6 Å². The van der Waals surface area contributed by atoms with Crippen molar-refractivity contribution in [3.05, 3.63) is 101 Å². The Bertz CT molecular complexity index is 2720. The molecule has 0 saturated heterocycles. The van der Waals surface area contributed by atoms with Gasteiger partial charge in [-0.3, -0.25) is 38.4 Å². The largest absolute Gasteiger partial charge is 0.496 e. The molecule has 0 saturated carbocycles. The molecule has 4 aromatic rings. The number of primary amides is 1. The molecule has 0 unspecified atom stereocenters. The van der Waals surface area contributed by atoms with Crippen molar-refractivity contribution < 1.29 is 52.6 Å². The average Bonchev–Trinajstić information content (AvgIpc) is 3.46. The average molecular weight is 1100 g/mol. The van der Waals surface area contributed by atoms with Crippen LogP contribution < -0.4 is 85.8 Å². The van der Waals surface area contributed by atoms with Gasteiger partial charge in [-0.05, 0) is 170 Å². The number of carbonyl (C=O) groups excluding carboxylic acids is 8. The predicted octanol–water partition coefficient (Wildman–Crippen LogP) is 2.80. The van der Waals surface area contributed by atoms with Crippen molar-refractivity contribution >= 4 is 70.0 Å². The lowest BCUT2D eigenvalue weighted by Crippen LogP contribution is -2.44. The number of amides is 8. The van der Waals surface area contributed by atoms with Gasteiger partial charge in [0.1, 0.15) is 35.4 Å². The Hall–Kier alpha value is -8.16. The van der Waals surface area contributed by atoms with Crippen molar-refractivity contribution in [3.8, 4) is 17.2 Å². The number of hydrogen-bond donors (Lipinski definition) is 13. The first-order chi connectivity index (χ1) is 38.0. The van der Waals surface area contributed by atoms with Crippen LogP contribution in [0, 0.1) is 0 Å². The van der Waals surface area contributed by atoms with Gasteiger partial charge in [0.15, 0.2) is 0 Å². The van der Waals surface area contributed by atoms with Gasteiger partial charge in [-0.15, -0.1) is 0 Å². The molecular formula is C55H77N13O11. The van der Waals surface area contributed by atoms with E-state index in [9.17, 15) is 38.4 Å². The molecule has 0 spiro atoms. The Morgan fingerprint density at radius 1 is 0.418 bits per heavy atom. The molecule has 8 amide bonds. The summed E-state index contributed by atoms with van der Waals surface area (Å²) in [5.74, 6) is -4.52. The maximum atomic E-state index is 14.0. The van der Waals surface area contributed by atoms with E-state index in [0.717, 1.165) is 6.42 Å². The summed E-state index contributed by atoms with van der Waals surface area (Å²) >= 11 is 0. The summed E-state index contributed by atoms with van der Waals surface area (Å²) in [6, 6.07) is 15.2. The summed E-state index contributed by atoms with van der Waals surface area (Å²) in [4.78, 5) is 108. The molecular weight excluding hydrogens is 1020 g/mol. The lowest BCUT2D eigenvalue weighted by atomic mass is 10.1. The molecule has 428 valence electrons. The number of methoxy groups -OCH3 is 3. The molecule has 0 bridgehead atoms. The molecule has 0 heterocycles. The fourth-order valence-corrected chi connectivity index (χ4v) is 8.20. The minimum absolute atomic E-state index is 0.0217. The zero-order chi connectivity index (χ0) is 57.9. The Balaban J connectivity index is 1.50. The Morgan fingerprint density at radius 3 is 1.14 bits per heavy atom. The van der Waals surface area contributed by atoms with Crippen molar-refractivity contribution in [2.75, 3.05) is 68.8 Å². The first kappa shape index (κ1) is 63.4. The van der Waals surface area contributed by atoms with Crippen LogP contribution in [-0.4, -0.2) is 119 Å². The van der Waals surface area contributed by atoms with Crippen LogP contribution in [0.25, 0.3) is 0 Å². The van der Waals surface area contributed by atoms with Crippen molar-refractivity contribution in [2.45, 2.75) is 101 Å². The molecule has 24 heteroatoms. The summed E-state index contributed by atoms with van der Waals surface area (Å²) in [6.45, 7) is 1.51. The molecule has 0 aromatic heterocycles. The van der Waals surface area contributed by atoms with Crippen molar-refractivity contribution in [3.63, 3.8) is 0 Å². The summed E-state index contributed by atoms with van der Waals surface area (Å²) in [5.41, 5.74) is 35.5. The van der Waals surface area contributed by atoms with E-state index >= 15 is 0 Å². The van der Waals surface area contributed by atoms with Gasteiger partial charge >= 0.3 is 0 Å². The highest BCUT2D eigenvalue weighted by molar-refractivity contribution is 6.07. The molecule has 19 N–H and O–H groups in total. The van der Waals surface area contributed by atoms with E-state index in [0.29, 0.717) is 77.5 Å². The second kappa shape index (κ2) is 33.2. The van der Waals surface area contributed by atoms with Crippen molar-refractivity contribution in [1.82, 2.24) is 16.0 Å². The summed E-state index contributed by atoms with van der Waals surface area (Å²) < 4.78 is 16.1. The molecule has 0 aliphatic heterocycles. The molecule has 0 radical (unpaired) electrons. The zero-order valence-corrected chi connectivity index (χ0v) is 45.1. The third-order valence-electron chi connectivity index (χ3n) is 12.6. The topological polar surface area (TPSA) is 405 Å². The molecule has 4 atom stereocenters. The standard InChI is InChI=1S/C55H77N13O11/c1-77-45-22-19-35(30-38(45)48(61)69)64-55(76)44(18-7-11-28-59)68-51(72)40-32-37(21-24-47(40)79-3)65-53(74)42(16-5-9-26-57)66-49(70)33-13-12-14-34(29-33)63-54(75)43(17-6-10-27-58)67-50(71)39-31-36(20-23-46(39)78-2)62-52(73)41(60)15-4-8-25-56/h12-14,19-24,29-32,41-44H,4-11,15-18,25-28,56-60H2,1-3H3,(H2,61,69)(H,62,73)(H,63,75)(H,64,76)(H,65,74)(H,66,70)(H,67,71)(H,68,72)/t41-,42-,43-,44-/m0/s1. The highest BCUT2D eigenvalue weighted by Gasteiger charge is 2.28. The summed E-state index contributed by atoms with van der Waals surface area (Å²) in [6.07, 6.45) is 5.48. The normalized spacial score (nSPS) is 12.4. The second-order valence-corrected chi connectivity index (χ2v) is 18.5. The highest BCUT2D eigenvalue weighted by atomic mass is 16.5. The number of nitrogens with two attached hydrogens (primary N) is 6. The Labute approximate surface area is 459 Å². The number of rotatable bonds is 34. The van der Waals surface area contributed by atoms with Crippen LogP contribution in [0.4, 0.5) is 22.7 Å². The minimum Gasteiger partial charge on any atom is -0.496 e. The van der Waals surface area contributed by atoms with Gasteiger partial charge in [-0.2, -0.15) is 0 Å². The van der Waals surface area contributed by atoms with Crippen LogP contribution in [0.2, 0.25) is 0 Å². The minimum atomic E-state index is -1.11. The fourth-order valence-electron chi connectivity index (χ4n) is 8.20. The number of hydrogen-bond acceptors (Lipinski definition) is 16. The van der Waals surface area contributed by atoms with Gasteiger partial charge in [0.05, 0.1) is 44.1 Å².